The maximum absolute atomic E-state index is 5.95. The van der Waals surface area contributed by atoms with Crippen molar-refractivity contribution in [3.05, 3.63) is 23.2 Å². The largest absolute Gasteiger partial charge is 0.464 e. The van der Waals surface area contributed by atoms with Gasteiger partial charge in [0.05, 0.1) is 6.04 Å². The minimum atomic E-state index is 0.412. The van der Waals surface area contributed by atoms with E-state index in [1.807, 2.05) is 0 Å². The lowest BCUT2D eigenvalue weighted by atomic mass is 9.78. The highest BCUT2D eigenvalue weighted by Gasteiger charge is 2.28. The molecule has 1 heterocycles. The summed E-state index contributed by atoms with van der Waals surface area (Å²) in [6.07, 6.45) is 5.39. The van der Waals surface area contributed by atoms with Crippen LogP contribution in [0.2, 0.25) is 0 Å². The Kier molecular flexibility index (Phi) is 4.50. The summed E-state index contributed by atoms with van der Waals surface area (Å²) in [6, 6.07) is 2.63. The second-order valence-corrected chi connectivity index (χ2v) is 5.94. The number of furan rings is 1. The molecule has 0 radical (unpaired) electrons. The van der Waals surface area contributed by atoms with Crippen LogP contribution in [0, 0.1) is 25.7 Å². The van der Waals surface area contributed by atoms with Gasteiger partial charge in [0.2, 0.25) is 0 Å². The van der Waals surface area contributed by atoms with E-state index in [0.29, 0.717) is 6.04 Å². The number of nitrogens with one attached hydrogen (secondary N) is 1. The molecule has 1 aromatic rings. The number of hydrogen-bond acceptors (Lipinski definition) is 2. The average molecular weight is 249 g/mol. The van der Waals surface area contributed by atoms with Crippen molar-refractivity contribution in [2.75, 3.05) is 6.54 Å². The smallest absolute Gasteiger partial charge is 0.121 e. The fourth-order valence-corrected chi connectivity index (χ4v) is 3.09. The van der Waals surface area contributed by atoms with Gasteiger partial charge in [0.1, 0.15) is 11.5 Å². The van der Waals surface area contributed by atoms with Crippen LogP contribution in [0.5, 0.6) is 0 Å². The van der Waals surface area contributed by atoms with Gasteiger partial charge in [-0.1, -0.05) is 26.7 Å². The highest BCUT2D eigenvalue weighted by molar-refractivity contribution is 5.21. The second-order valence-electron chi connectivity index (χ2n) is 5.94. The highest BCUT2D eigenvalue weighted by atomic mass is 16.3. The van der Waals surface area contributed by atoms with E-state index >= 15 is 0 Å². The molecule has 0 bridgehead atoms. The van der Waals surface area contributed by atoms with E-state index in [0.717, 1.165) is 29.9 Å². The van der Waals surface area contributed by atoms with Crippen molar-refractivity contribution in [2.24, 2.45) is 11.8 Å². The third-order valence-corrected chi connectivity index (χ3v) is 4.45. The van der Waals surface area contributed by atoms with E-state index in [2.05, 4.69) is 39.1 Å². The summed E-state index contributed by atoms with van der Waals surface area (Å²) >= 11 is 0. The van der Waals surface area contributed by atoms with Crippen molar-refractivity contribution < 1.29 is 4.42 Å². The van der Waals surface area contributed by atoms with Crippen molar-refractivity contribution in [2.45, 2.75) is 59.4 Å². The molecule has 0 aromatic carbocycles. The van der Waals surface area contributed by atoms with Crippen LogP contribution in [0.15, 0.2) is 10.5 Å². The van der Waals surface area contributed by atoms with E-state index in [1.54, 1.807) is 0 Å². The molecule has 102 valence electrons. The van der Waals surface area contributed by atoms with E-state index in [1.165, 1.54) is 31.2 Å². The Morgan fingerprint density at radius 2 is 1.94 bits per heavy atom. The molecule has 1 saturated carbocycles. The molecule has 2 rings (SSSR count). The van der Waals surface area contributed by atoms with E-state index < -0.39 is 0 Å². The van der Waals surface area contributed by atoms with Crippen molar-refractivity contribution in [3.8, 4) is 0 Å². The highest BCUT2D eigenvalue weighted by Crippen LogP contribution is 2.37. The fraction of sp³-hybridized carbons (Fsp3) is 0.750. The lowest BCUT2D eigenvalue weighted by molar-refractivity contribution is 0.213. The number of aryl methyl sites for hydroxylation is 2. The van der Waals surface area contributed by atoms with Gasteiger partial charge in [-0.15, -0.1) is 0 Å². The van der Waals surface area contributed by atoms with Gasteiger partial charge in [0.15, 0.2) is 0 Å². The molecule has 0 aliphatic heterocycles. The summed E-state index contributed by atoms with van der Waals surface area (Å²) in [4.78, 5) is 0. The monoisotopic (exact) mass is 249 g/mol. The Labute approximate surface area is 111 Å². The maximum Gasteiger partial charge on any atom is 0.121 e. The normalized spacial score (nSPS) is 26.2. The first-order valence-corrected chi connectivity index (χ1v) is 7.42. The molecule has 1 atom stereocenters. The van der Waals surface area contributed by atoms with Crippen LogP contribution in [0.3, 0.4) is 0 Å². The van der Waals surface area contributed by atoms with Gasteiger partial charge in [0, 0.05) is 0 Å². The number of hydrogen-bond donors (Lipinski definition) is 1. The predicted octanol–water partition coefficient (Wildman–Crippen LogP) is 4.37. The first kappa shape index (κ1) is 13.7. The third-order valence-electron chi connectivity index (χ3n) is 4.45. The Morgan fingerprint density at radius 3 is 2.44 bits per heavy atom. The topological polar surface area (TPSA) is 25.2 Å². The quantitative estimate of drug-likeness (QED) is 0.857. The van der Waals surface area contributed by atoms with Crippen molar-refractivity contribution >= 4 is 0 Å². The number of rotatable bonds is 4. The van der Waals surface area contributed by atoms with E-state index in [9.17, 15) is 0 Å². The Morgan fingerprint density at radius 1 is 1.28 bits per heavy atom. The lowest BCUT2D eigenvalue weighted by Gasteiger charge is -2.32. The van der Waals surface area contributed by atoms with Crippen LogP contribution in [0.25, 0.3) is 0 Å². The molecule has 0 amide bonds. The summed E-state index contributed by atoms with van der Waals surface area (Å²) in [5, 5.41) is 3.63. The molecule has 1 aromatic heterocycles. The second kappa shape index (κ2) is 5.92. The molecule has 1 aliphatic carbocycles. The molecule has 0 spiro atoms. The average Bonchev–Trinajstić information content (AvgIpc) is 2.68. The Balaban J connectivity index is 2.12. The summed E-state index contributed by atoms with van der Waals surface area (Å²) in [5.74, 6) is 3.86. The Bertz CT molecular complexity index is 355. The molecule has 0 saturated heterocycles. The first-order chi connectivity index (χ1) is 8.61. The van der Waals surface area contributed by atoms with E-state index in [-0.39, 0.29) is 0 Å². The standard InChI is InChI=1S/C16H27NO/c1-5-17-16(14-8-6-11(2)7-9-14)15-10-12(3)13(4)18-15/h10-11,14,16-17H,5-9H2,1-4H3. The SMILES string of the molecule is CCNC(c1cc(C)c(C)o1)C1CCC(C)CC1. The van der Waals surface area contributed by atoms with Gasteiger partial charge in [-0.25, -0.2) is 0 Å². The Hall–Kier alpha value is -0.760. The van der Waals surface area contributed by atoms with Crippen LogP contribution < -0.4 is 5.32 Å². The fourth-order valence-electron chi connectivity index (χ4n) is 3.09. The predicted molar refractivity (Wildman–Crippen MR) is 75.7 cm³/mol. The molecule has 2 nitrogen and oxygen atoms in total. The van der Waals surface area contributed by atoms with Crippen LogP contribution >= 0.6 is 0 Å². The zero-order valence-corrected chi connectivity index (χ0v) is 12.3. The van der Waals surface area contributed by atoms with Crippen molar-refractivity contribution in [1.82, 2.24) is 5.32 Å². The van der Waals surface area contributed by atoms with Crippen molar-refractivity contribution in [1.29, 1.82) is 0 Å². The van der Waals surface area contributed by atoms with Crippen molar-refractivity contribution in [3.63, 3.8) is 0 Å². The molecule has 2 heteroatoms. The van der Waals surface area contributed by atoms with Gasteiger partial charge >= 0.3 is 0 Å². The van der Waals surface area contributed by atoms with Crippen LogP contribution in [0.4, 0.5) is 0 Å². The minimum Gasteiger partial charge on any atom is -0.464 e. The molecule has 1 aliphatic rings. The summed E-state index contributed by atoms with van der Waals surface area (Å²) < 4.78 is 5.95. The van der Waals surface area contributed by atoms with Gasteiger partial charge in [-0.3, -0.25) is 0 Å². The van der Waals surface area contributed by atoms with Gasteiger partial charge in [0.25, 0.3) is 0 Å². The molecule has 1 N–H and O–H groups in total. The van der Waals surface area contributed by atoms with Crippen LogP contribution in [0.1, 0.15) is 62.7 Å². The van der Waals surface area contributed by atoms with Gasteiger partial charge in [-0.05, 0) is 56.7 Å². The summed E-state index contributed by atoms with van der Waals surface area (Å²) in [6.45, 7) is 9.76. The minimum absolute atomic E-state index is 0.412. The third kappa shape index (κ3) is 2.97. The first-order valence-electron chi connectivity index (χ1n) is 7.42. The van der Waals surface area contributed by atoms with Crippen LogP contribution in [-0.2, 0) is 0 Å². The summed E-state index contributed by atoms with van der Waals surface area (Å²) in [7, 11) is 0. The lowest BCUT2D eigenvalue weighted by Crippen LogP contribution is -2.30. The maximum atomic E-state index is 5.95. The summed E-state index contributed by atoms with van der Waals surface area (Å²) in [5.41, 5.74) is 1.28. The molecule has 18 heavy (non-hydrogen) atoms. The van der Waals surface area contributed by atoms with Gasteiger partial charge < -0.3 is 9.73 Å². The molecular weight excluding hydrogens is 222 g/mol. The zero-order valence-electron chi connectivity index (χ0n) is 12.3. The molecular formula is C16H27NO. The van der Waals surface area contributed by atoms with Gasteiger partial charge in [-0.2, -0.15) is 0 Å². The van der Waals surface area contributed by atoms with Crippen LogP contribution in [-0.4, -0.2) is 6.54 Å². The zero-order chi connectivity index (χ0) is 13.1. The van der Waals surface area contributed by atoms with E-state index in [4.69, 9.17) is 4.42 Å². The molecule has 1 fully saturated rings. The molecule has 1 unspecified atom stereocenters.